The lowest BCUT2D eigenvalue weighted by molar-refractivity contribution is -0.188. The Labute approximate surface area is 184 Å². The molecule has 1 aromatic heterocycles. The van der Waals surface area contributed by atoms with Gasteiger partial charge in [-0.15, -0.1) is 35.3 Å². The number of aromatic nitrogens is 1. The topological polar surface area (TPSA) is 49.8 Å². The zero-order chi connectivity index (χ0) is 18.3. The third-order valence-corrected chi connectivity index (χ3v) is 7.59. The first kappa shape index (κ1) is 21.3. The van der Waals surface area contributed by atoms with Gasteiger partial charge in [0, 0.05) is 43.0 Å². The van der Waals surface area contributed by atoms with Crippen LogP contribution in [-0.4, -0.2) is 48.7 Å². The Bertz CT molecular complexity index is 666. The van der Waals surface area contributed by atoms with Crippen LogP contribution in [0.3, 0.4) is 0 Å². The van der Waals surface area contributed by atoms with Crippen molar-refractivity contribution in [3.8, 4) is 0 Å². The summed E-state index contributed by atoms with van der Waals surface area (Å²) in [4.78, 5) is 13.2. The zero-order valence-electron chi connectivity index (χ0n) is 17.0. The molecular formula is C20H33IN4OS. The summed E-state index contributed by atoms with van der Waals surface area (Å²) < 4.78 is 6.04. The van der Waals surface area contributed by atoms with E-state index in [2.05, 4.69) is 36.1 Å². The van der Waals surface area contributed by atoms with Crippen molar-refractivity contribution in [3.05, 3.63) is 15.6 Å². The highest BCUT2D eigenvalue weighted by Crippen LogP contribution is 2.51. The summed E-state index contributed by atoms with van der Waals surface area (Å²) in [6.07, 6.45) is 7.79. The molecule has 152 valence electrons. The number of guanidine groups is 1. The lowest BCUT2D eigenvalue weighted by atomic mass is 9.55. The van der Waals surface area contributed by atoms with Crippen molar-refractivity contribution < 1.29 is 4.74 Å². The fourth-order valence-electron chi connectivity index (χ4n) is 5.05. The monoisotopic (exact) mass is 504 g/mol. The number of aliphatic imine (C=N–C) groups is 1. The van der Waals surface area contributed by atoms with Gasteiger partial charge in [-0.3, -0.25) is 4.99 Å². The number of aryl methyl sites for hydroxylation is 2. The molecule has 0 spiro atoms. The summed E-state index contributed by atoms with van der Waals surface area (Å²) in [5.74, 6) is 1.58. The van der Waals surface area contributed by atoms with Gasteiger partial charge in [0.1, 0.15) is 5.01 Å². The van der Waals surface area contributed by atoms with Gasteiger partial charge in [0.15, 0.2) is 5.96 Å². The Morgan fingerprint density at radius 2 is 2.11 bits per heavy atom. The predicted molar refractivity (Wildman–Crippen MR) is 122 cm³/mol. The van der Waals surface area contributed by atoms with E-state index in [9.17, 15) is 0 Å². The van der Waals surface area contributed by atoms with Crippen LogP contribution in [0.1, 0.15) is 55.1 Å². The van der Waals surface area contributed by atoms with Crippen LogP contribution >= 0.6 is 35.3 Å². The molecule has 1 saturated carbocycles. The lowest BCUT2D eigenvalue weighted by Crippen LogP contribution is -2.71. The van der Waals surface area contributed by atoms with E-state index in [-0.39, 0.29) is 29.4 Å². The number of fused-ring (bicyclic) bond motifs is 2. The van der Waals surface area contributed by atoms with E-state index in [1.807, 2.05) is 18.4 Å². The van der Waals surface area contributed by atoms with Crippen LogP contribution in [0.15, 0.2) is 4.99 Å². The molecule has 0 radical (unpaired) electrons. The zero-order valence-corrected chi connectivity index (χ0v) is 20.1. The predicted octanol–water partition coefficient (Wildman–Crippen LogP) is 3.85. The van der Waals surface area contributed by atoms with Crippen LogP contribution in [0.2, 0.25) is 0 Å². The second-order valence-electron chi connectivity index (χ2n) is 8.63. The van der Waals surface area contributed by atoms with E-state index < -0.39 is 0 Å². The number of nitrogens with one attached hydrogen (secondary N) is 1. The average Bonchev–Trinajstić information content (AvgIpc) is 3.04. The smallest absolute Gasteiger partial charge is 0.194 e. The number of nitrogens with zero attached hydrogens (tertiary/aromatic N) is 3. The minimum atomic E-state index is 0. The maximum atomic E-state index is 6.04. The van der Waals surface area contributed by atoms with E-state index in [1.165, 1.54) is 47.7 Å². The van der Waals surface area contributed by atoms with Crippen LogP contribution in [0.25, 0.3) is 0 Å². The van der Waals surface area contributed by atoms with Crippen LogP contribution < -0.4 is 5.32 Å². The number of hydrogen-bond donors (Lipinski definition) is 1. The largest absolute Gasteiger partial charge is 0.377 e. The van der Waals surface area contributed by atoms with E-state index >= 15 is 0 Å². The maximum absolute atomic E-state index is 6.04. The van der Waals surface area contributed by atoms with Gasteiger partial charge in [-0.05, 0) is 38.5 Å². The molecule has 0 bridgehead atoms. The second-order valence-corrected chi connectivity index (χ2v) is 9.80. The van der Waals surface area contributed by atoms with Crippen LogP contribution in [-0.2, 0) is 24.1 Å². The number of halogens is 1. The van der Waals surface area contributed by atoms with Crippen molar-refractivity contribution in [2.75, 3.05) is 20.7 Å². The third kappa shape index (κ3) is 4.01. The first-order chi connectivity index (χ1) is 12.5. The van der Waals surface area contributed by atoms with Gasteiger partial charge in [-0.1, -0.05) is 13.8 Å². The molecular weight excluding hydrogens is 471 g/mol. The summed E-state index contributed by atoms with van der Waals surface area (Å²) in [5.41, 5.74) is 1.50. The molecule has 2 fully saturated rings. The number of rotatable bonds is 3. The molecule has 2 heterocycles. The molecule has 27 heavy (non-hydrogen) atoms. The first-order valence-electron chi connectivity index (χ1n) is 10.0. The molecule has 1 saturated heterocycles. The molecule has 1 N–H and O–H groups in total. The first-order valence-corrected chi connectivity index (χ1v) is 10.9. The third-order valence-electron chi connectivity index (χ3n) is 6.45. The minimum Gasteiger partial charge on any atom is -0.377 e. The Morgan fingerprint density at radius 3 is 2.85 bits per heavy atom. The normalized spacial score (nSPS) is 29.0. The highest BCUT2D eigenvalue weighted by Gasteiger charge is 2.58. The van der Waals surface area contributed by atoms with Crippen molar-refractivity contribution in [1.82, 2.24) is 15.2 Å². The molecule has 3 unspecified atom stereocenters. The molecule has 0 amide bonds. The summed E-state index contributed by atoms with van der Waals surface area (Å²) in [5, 5.41) is 4.96. The molecule has 7 heteroatoms. The molecule has 0 aromatic carbocycles. The van der Waals surface area contributed by atoms with Crippen molar-refractivity contribution in [3.63, 3.8) is 0 Å². The van der Waals surface area contributed by atoms with Crippen LogP contribution in [0.4, 0.5) is 0 Å². The fraction of sp³-hybridized carbons (Fsp3) is 0.800. The number of thiazole rings is 1. The van der Waals surface area contributed by atoms with Crippen LogP contribution in [0, 0.1) is 11.3 Å². The molecule has 4 rings (SSSR count). The van der Waals surface area contributed by atoms with Gasteiger partial charge in [-0.2, -0.15) is 0 Å². The van der Waals surface area contributed by atoms with E-state index in [0.717, 1.165) is 25.5 Å². The Balaban J connectivity index is 0.00000210. The summed E-state index contributed by atoms with van der Waals surface area (Å²) in [6, 6.07) is 0.429. The summed E-state index contributed by atoms with van der Waals surface area (Å²) in [6.45, 7) is 6.38. The van der Waals surface area contributed by atoms with Gasteiger partial charge in [0.25, 0.3) is 0 Å². The number of hydrogen-bond acceptors (Lipinski definition) is 4. The fourth-order valence-corrected chi connectivity index (χ4v) is 6.26. The Hall–Kier alpha value is -0.410. The van der Waals surface area contributed by atoms with Crippen molar-refractivity contribution in [1.29, 1.82) is 0 Å². The van der Waals surface area contributed by atoms with Crippen LogP contribution in [0.5, 0.6) is 0 Å². The average molecular weight is 504 g/mol. The van der Waals surface area contributed by atoms with Gasteiger partial charge < -0.3 is 15.0 Å². The Kier molecular flexibility index (Phi) is 6.73. The van der Waals surface area contributed by atoms with Gasteiger partial charge in [0.2, 0.25) is 0 Å². The summed E-state index contributed by atoms with van der Waals surface area (Å²) in [7, 11) is 4.00. The van der Waals surface area contributed by atoms with Crippen molar-refractivity contribution >= 4 is 41.3 Å². The SMILES string of the molecule is CN=C(NC1C2CCCOC2C1(C)C)N(C)Cc1nc2c(s1)CCCC2.I. The van der Waals surface area contributed by atoms with E-state index in [1.54, 1.807) is 0 Å². The highest BCUT2D eigenvalue weighted by molar-refractivity contribution is 14.0. The molecule has 3 atom stereocenters. The minimum absolute atomic E-state index is 0. The molecule has 1 aliphatic heterocycles. The maximum Gasteiger partial charge on any atom is 0.194 e. The van der Waals surface area contributed by atoms with E-state index in [4.69, 9.17) is 9.72 Å². The van der Waals surface area contributed by atoms with Gasteiger partial charge in [-0.25, -0.2) is 4.98 Å². The van der Waals surface area contributed by atoms with Gasteiger partial charge >= 0.3 is 0 Å². The molecule has 5 nitrogen and oxygen atoms in total. The standard InChI is InChI=1S/C20H32N4OS.HI/c1-20(2)17(13-8-7-11-25-18(13)20)23-19(21-3)24(4)12-16-22-14-9-5-6-10-15(14)26-16;/h13,17-18H,5-12H2,1-4H3,(H,21,23);1H. The molecule has 1 aromatic rings. The van der Waals surface area contributed by atoms with Crippen molar-refractivity contribution in [2.24, 2.45) is 16.3 Å². The molecule has 2 aliphatic carbocycles. The lowest BCUT2D eigenvalue weighted by Gasteiger charge is -2.60. The van der Waals surface area contributed by atoms with Gasteiger partial charge in [0.05, 0.1) is 18.3 Å². The Morgan fingerprint density at radius 1 is 1.33 bits per heavy atom. The van der Waals surface area contributed by atoms with E-state index in [0.29, 0.717) is 18.1 Å². The quantitative estimate of drug-likeness (QED) is 0.386. The highest BCUT2D eigenvalue weighted by atomic mass is 127. The summed E-state index contributed by atoms with van der Waals surface area (Å²) >= 11 is 1.89. The van der Waals surface area contributed by atoms with Crippen molar-refractivity contribution in [2.45, 2.75) is 71.1 Å². The molecule has 3 aliphatic rings. The number of ether oxygens (including phenoxy) is 1. The second kappa shape index (κ2) is 8.53.